The third-order valence-corrected chi connectivity index (χ3v) is 5.79. The molecule has 1 aliphatic rings. The number of hydrogen-bond acceptors (Lipinski definition) is 3. The van der Waals surface area contributed by atoms with Crippen molar-refractivity contribution < 1.29 is 8.42 Å². The molecule has 0 radical (unpaired) electrons. The van der Waals surface area contributed by atoms with E-state index < -0.39 is 10.0 Å². The molecule has 0 atom stereocenters. The Morgan fingerprint density at radius 2 is 1.89 bits per heavy atom. The minimum atomic E-state index is -3.23. The Hall–Kier alpha value is -0.430. The summed E-state index contributed by atoms with van der Waals surface area (Å²) in [6, 6.07) is 7.55. The van der Waals surface area contributed by atoms with E-state index in [4.69, 9.17) is 5.73 Å². The number of benzene rings is 1. The van der Waals surface area contributed by atoms with E-state index in [1.54, 1.807) is 4.31 Å². The van der Waals surface area contributed by atoms with Gasteiger partial charge >= 0.3 is 0 Å². The summed E-state index contributed by atoms with van der Waals surface area (Å²) >= 11 is 3.38. The number of halogens is 1. The van der Waals surface area contributed by atoms with Crippen molar-refractivity contribution in [2.45, 2.75) is 24.6 Å². The summed E-state index contributed by atoms with van der Waals surface area (Å²) in [7, 11) is -3.23. The highest BCUT2D eigenvalue weighted by atomic mass is 79.9. The summed E-state index contributed by atoms with van der Waals surface area (Å²) < 4.78 is 26.9. The molecule has 1 fully saturated rings. The van der Waals surface area contributed by atoms with Crippen LogP contribution in [-0.4, -0.2) is 31.9 Å². The molecule has 0 bridgehead atoms. The van der Waals surface area contributed by atoms with Gasteiger partial charge in [0.1, 0.15) is 0 Å². The summed E-state index contributed by atoms with van der Waals surface area (Å²) in [4.78, 5) is 0. The van der Waals surface area contributed by atoms with Crippen LogP contribution in [0, 0.1) is 0 Å². The molecule has 1 aromatic rings. The topological polar surface area (TPSA) is 63.4 Å². The molecule has 4 nitrogen and oxygen atoms in total. The van der Waals surface area contributed by atoms with Gasteiger partial charge in [0.05, 0.1) is 5.75 Å². The lowest BCUT2D eigenvalue weighted by molar-refractivity contribution is 0.319. The number of rotatable bonds is 3. The average molecular weight is 333 g/mol. The van der Waals surface area contributed by atoms with Crippen LogP contribution in [-0.2, 0) is 15.8 Å². The Bertz CT molecular complexity index is 511. The molecule has 6 heteroatoms. The molecule has 100 valence electrons. The van der Waals surface area contributed by atoms with Crippen molar-refractivity contribution >= 4 is 26.0 Å². The fourth-order valence-electron chi connectivity index (χ4n) is 2.06. The van der Waals surface area contributed by atoms with E-state index in [9.17, 15) is 8.42 Å². The van der Waals surface area contributed by atoms with Crippen molar-refractivity contribution in [1.29, 1.82) is 0 Å². The molecule has 0 aliphatic carbocycles. The quantitative estimate of drug-likeness (QED) is 0.916. The molecule has 1 saturated heterocycles. The average Bonchev–Trinajstić information content (AvgIpc) is 2.32. The van der Waals surface area contributed by atoms with Gasteiger partial charge in [-0.05, 0) is 24.5 Å². The molecule has 0 spiro atoms. The monoisotopic (exact) mass is 332 g/mol. The number of nitrogens with two attached hydrogens (primary N) is 1. The van der Waals surface area contributed by atoms with Gasteiger partial charge in [0.25, 0.3) is 0 Å². The highest BCUT2D eigenvalue weighted by molar-refractivity contribution is 9.10. The molecule has 1 aliphatic heterocycles. The third-order valence-electron chi connectivity index (χ3n) is 3.19. The summed E-state index contributed by atoms with van der Waals surface area (Å²) in [5.41, 5.74) is 6.59. The first-order chi connectivity index (χ1) is 8.49. The van der Waals surface area contributed by atoms with Gasteiger partial charge in [-0.2, -0.15) is 0 Å². The van der Waals surface area contributed by atoms with Crippen molar-refractivity contribution in [3.05, 3.63) is 34.3 Å². The van der Waals surface area contributed by atoms with Crippen molar-refractivity contribution in [1.82, 2.24) is 4.31 Å². The maximum Gasteiger partial charge on any atom is 0.218 e. The second-order valence-corrected chi connectivity index (χ2v) is 7.41. The largest absolute Gasteiger partial charge is 0.328 e. The van der Waals surface area contributed by atoms with Crippen LogP contribution in [0.1, 0.15) is 18.4 Å². The van der Waals surface area contributed by atoms with Crippen LogP contribution in [0.5, 0.6) is 0 Å². The van der Waals surface area contributed by atoms with E-state index in [2.05, 4.69) is 15.9 Å². The number of sulfonamides is 1. The standard InChI is InChI=1S/C12H17BrN2O2S/c13-12-4-2-1-3-10(12)9-18(16,17)15-7-5-11(14)6-8-15/h1-4,11H,5-9,14H2. The van der Waals surface area contributed by atoms with E-state index >= 15 is 0 Å². The van der Waals surface area contributed by atoms with Crippen LogP contribution >= 0.6 is 15.9 Å². The van der Waals surface area contributed by atoms with Gasteiger partial charge in [-0.25, -0.2) is 12.7 Å². The molecule has 0 amide bonds. The van der Waals surface area contributed by atoms with Crippen molar-refractivity contribution in [3.8, 4) is 0 Å². The van der Waals surface area contributed by atoms with Gasteiger partial charge in [0, 0.05) is 23.6 Å². The molecular formula is C12H17BrN2O2S. The lowest BCUT2D eigenvalue weighted by Gasteiger charge is -2.29. The van der Waals surface area contributed by atoms with Gasteiger partial charge in [-0.3, -0.25) is 0 Å². The normalized spacial score (nSPS) is 19.0. The van der Waals surface area contributed by atoms with Crippen LogP contribution < -0.4 is 5.73 Å². The van der Waals surface area contributed by atoms with E-state index in [1.807, 2.05) is 24.3 Å². The zero-order valence-electron chi connectivity index (χ0n) is 10.0. The van der Waals surface area contributed by atoms with Gasteiger partial charge in [-0.15, -0.1) is 0 Å². The van der Waals surface area contributed by atoms with Crippen LogP contribution in [0.25, 0.3) is 0 Å². The Morgan fingerprint density at radius 1 is 1.28 bits per heavy atom. The first-order valence-corrected chi connectivity index (χ1v) is 8.36. The molecular weight excluding hydrogens is 316 g/mol. The number of piperidine rings is 1. The number of hydrogen-bond donors (Lipinski definition) is 1. The van der Waals surface area contributed by atoms with Crippen LogP contribution in [0.4, 0.5) is 0 Å². The van der Waals surface area contributed by atoms with Gasteiger partial charge < -0.3 is 5.73 Å². The van der Waals surface area contributed by atoms with E-state index in [-0.39, 0.29) is 11.8 Å². The zero-order chi connectivity index (χ0) is 13.2. The van der Waals surface area contributed by atoms with E-state index in [0.717, 1.165) is 22.9 Å². The van der Waals surface area contributed by atoms with Crippen LogP contribution in [0.15, 0.2) is 28.7 Å². The Balaban J connectivity index is 2.10. The predicted octanol–water partition coefficient (Wildman–Crippen LogP) is 1.70. The highest BCUT2D eigenvalue weighted by Gasteiger charge is 2.27. The third kappa shape index (κ3) is 3.32. The summed E-state index contributed by atoms with van der Waals surface area (Å²) in [5.74, 6) is 0.0453. The SMILES string of the molecule is NC1CCN(S(=O)(=O)Cc2ccccc2Br)CC1. The molecule has 0 saturated carbocycles. The second kappa shape index (κ2) is 5.69. The first kappa shape index (κ1) is 14.0. The van der Waals surface area contributed by atoms with Gasteiger partial charge in [0.2, 0.25) is 10.0 Å². The minimum Gasteiger partial charge on any atom is -0.328 e. The lowest BCUT2D eigenvalue weighted by Crippen LogP contribution is -2.43. The van der Waals surface area contributed by atoms with Crippen molar-refractivity contribution in [2.24, 2.45) is 5.73 Å². The number of nitrogens with zero attached hydrogens (tertiary/aromatic N) is 1. The van der Waals surface area contributed by atoms with Crippen LogP contribution in [0.3, 0.4) is 0 Å². The fourth-order valence-corrected chi connectivity index (χ4v) is 4.26. The lowest BCUT2D eigenvalue weighted by atomic mass is 10.1. The minimum absolute atomic E-state index is 0.0453. The molecule has 18 heavy (non-hydrogen) atoms. The van der Waals surface area contributed by atoms with Crippen LogP contribution in [0.2, 0.25) is 0 Å². The van der Waals surface area contributed by atoms with Gasteiger partial charge in [0.15, 0.2) is 0 Å². The molecule has 1 aromatic carbocycles. The molecule has 2 N–H and O–H groups in total. The molecule has 0 unspecified atom stereocenters. The molecule has 0 aromatic heterocycles. The first-order valence-electron chi connectivity index (χ1n) is 5.96. The van der Waals surface area contributed by atoms with Crippen molar-refractivity contribution in [3.63, 3.8) is 0 Å². The smallest absolute Gasteiger partial charge is 0.218 e. The summed E-state index contributed by atoms with van der Waals surface area (Å²) in [6.45, 7) is 1.07. The fraction of sp³-hybridized carbons (Fsp3) is 0.500. The van der Waals surface area contributed by atoms with E-state index in [1.165, 1.54) is 0 Å². The Kier molecular flexibility index (Phi) is 4.42. The Morgan fingerprint density at radius 3 is 2.50 bits per heavy atom. The summed E-state index contributed by atoms with van der Waals surface area (Å²) in [6.07, 6.45) is 1.49. The predicted molar refractivity (Wildman–Crippen MR) is 75.5 cm³/mol. The maximum atomic E-state index is 12.3. The summed E-state index contributed by atoms with van der Waals surface area (Å²) in [5, 5.41) is 0. The van der Waals surface area contributed by atoms with Gasteiger partial charge in [-0.1, -0.05) is 34.1 Å². The maximum absolute atomic E-state index is 12.3. The second-order valence-electron chi connectivity index (χ2n) is 4.58. The zero-order valence-corrected chi connectivity index (χ0v) is 12.5. The molecule has 2 rings (SSSR count). The highest BCUT2D eigenvalue weighted by Crippen LogP contribution is 2.21. The van der Waals surface area contributed by atoms with Crippen molar-refractivity contribution in [2.75, 3.05) is 13.1 Å². The Labute approximate surface area is 116 Å². The molecule has 1 heterocycles. The van der Waals surface area contributed by atoms with E-state index in [0.29, 0.717) is 13.1 Å².